The molecular weight excluding hydrogens is 521 g/mol. The SMILES string of the molecule is COc1ccc(-c2cc(C(N)=O)ccc2F)cc1C(=O)N[C@H]1[C@@H](C(=O)NCC2(C)CCC2)[C@@H]2C/C(=C\C3CC3)[C@H]1C2. The Balaban J connectivity index is 1.28. The molecule has 3 amide bonds. The van der Waals surface area contributed by atoms with Crippen LogP contribution in [0.25, 0.3) is 11.1 Å². The number of amides is 3. The fourth-order valence-electron chi connectivity index (χ4n) is 7.09. The van der Waals surface area contributed by atoms with Crippen molar-refractivity contribution in [1.82, 2.24) is 10.6 Å². The molecule has 0 saturated heterocycles. The number of halogens is 1. The molecule has 0 unspecified atom stereocenters. The average Bonchev–Trinajstić information content (AvgIpc) is 3.57. The van der Waals surface area contributed by atoms with Gasteiger partial charge in [-0.05, 0) is 91.7 Å². The van der Waals surface area contributed by atoms with Gasteiger partial charge in [-0.15, -0.1) is 0 Å². The van der Waals surface area contributed by atoms with Gasteiger partial charge in [-0.25, -0.2) is 4.39 Å². The predicted octanol–water partition coefficient (Wildman–Crippen LogP) is 5.00. The van der Waals surface area contributed by atoms with E-state index < -0.39 is 11.7 Å². The number of allylic oxidation sites excluding steroid dienone is 1. The highest BCUT2D eigenvalue weighted by atomic mass is 19.1. The van der Waals surface area contributed by atoms with Crippen LogP contribution < -0.4 is 21.1 Å². The van der Waals surface area contributed by atoms with Crippen LogP contribution in [0.4, 0.5) is 4.39 Å². The third kappa shape index (κ3) is 5.36. The highest BCUT2D eigenvalue weighted by Gasteiger charge is 2.54. The molecule has 7 nitrogen and oxygen atoms in total. The number of carbonyl (C=O) groups excluding carboxylic acids is 3. The van der Waals surface area contributed by atoms with Gasteiger partial charge < -0.3 is 21.1 Å². The summed E-state index contributed by atoms with van der Waals surface area (Å²) in [4.78, 5) is 39.2. The number of nitrogens with one attached hydrogen (secondary N) is 2. The van der Waals surface area contributed by atoms with E-state index in [1.807, 2.05) is 0 Å². The Bertz CT molecular complexity index is 1430. The molecule has 4 atom stereocenters. The van der Waals surface area contributed by atoms with Gasteiger partial charge in [0.05, 0.1) is 18.6 Å². The summed E-state index contributed by atoms with van der Waals surface area (Å²) < 4.78 is 20.3. The van der Waals surface area contributed by atoms with Crippen LogP contribution in [0, 0.1) is 34.9 Å². The summed E-state index contributed by atoms with van der Waals surface area (Å²) in [6, 6.07) is 8.40. The van der Waals surface area contributed by atoms with Gasteiger partial charge in [0, 0.05) is 29.6 Å². The fourth-order valence-corrected chi connectivity index (χ4v) is 7.09. The Kier molecular flexibility index (Phi) is 7.12. The molecule has 0 heterocycles. The lowest BCUT2D eigenvalue weighted by atomic mass is 9.70. The summed E-state index contributed by atoms with van der Waals surface area (Å²) in [7, 11) is 1.48. The zero-order valence-corrected chi connectivity index (χ0v) is 23.7. The molecule has 2 aromatic rings. The summed E-state index contributed by atoms with van der Waals surface area (Å²) >= 11 is 0. The molecule has 2 bridgehead atoms. The van der Waals surface area contributed by atoms with E-state index in [0.29, 0.717) is 23.8 Å². The largest absolute Gasteiger partial charge is 0.496 e. The minimum Gasteiger partial charge on any atom is -0.496 e. The van der Waals surface area contributed by atoms with Gasteiger partial charge in [0.1, 0.15) is 11.6 Å². The van der Waals surface area contributed by atoms with Gasteiger partial charge in [-0.3, -0.25) is 14.4 Å². The first-order chi connectivity index (χ1) is 19.7. The maximum Gasteiger partial charge on any atom is 0.255 e. The van der Waals surface area contributed by atoms with Gasteiger partial charge in [0.25, 0.3) is 5.91 Å². The summed E-state index contributed by atoms with van der Waals surface area (Å²) in [6.07, 6.45) is 10.0. The van der Waals surface area contributed by atoms with E-state index in [0.717, 1.165) is 25.7 Å². The molecular formula is C33H38FN3O4. The molecule has 0 spiro atoms. The van der Waals surface area contributed by atoms with E-state index in [1.165, 1.54) is 50.1 Å². The predicted molar refractivity (Wildman–Crippen MR) is 154 cm³/mol. The molecule has 4 aliphatic rings. The van der Waals surface area contributed by atoms with Gasteiger partial charge in [0.2, 0.25) is 11.8 Å². The molecule has 216 valence electrons. The zero-order valence-electron chi connectivity index (χ0n) is 23.7. The molecule has 2 aromatic carbocycles. The summed E-state index contributed by atoms with van der Waals surface area (Å²) in [6.45, 7) is 2.88. The van der Waals surface area contributed by atoms with Gasteiger partial charge in [0.15, 0.2) is 0 Å². The minimum absolute atomic E-state index is 0.0208. The van der Waals surface area contributed by atoms with Crippen LogP contribution in [-0.2, 0) is 4.79 Å². The first-order valence-electron chi connectivity index (χ1n) is 14.7. The van der Waals surface area contributed by atoms with Crippen LogP contribution in [0.15, 0.2) is 48.0 Å². The molecule has 4 saturated carbocycles. The Labute approximate surface area is 240 Å². The van der Waals surface area contributed by atoms with Crippen molar-refractivity contribution < 1.29 is 23.5 Å². The van der Waals surface area contributed by atoms with Crippen molar-refractivity contribution in [3.63, 3.8) is 0 Å². The lowest BCUT2D eigenvalue weighted by Crippen LogP contribution is -2.52. The molecule has 41 heavy (non-hydrogen) atoms. The van der Waals surface area contributed by atoms with Crippen LogP contribution in [0.5, 0.6) is 5.75 Å². The standard InChI is InChI=1S/C33H38FN3O4/c1-33(10-3-11-33)17-36-32(40)28-22-13-21(12-18-4-5-18)24(16-22)29(28)37-31(39)25-14-19(7-9-27(25)41-2)23-15-20(30(35)38)6-8-26(23)34/h6-9,12,14-15,18,22,24,28-29H,3-5,10-11,13,16-17H2,1-2H3,(H2,35,38)(H,36,40)(H,37,39)/b21-12+/t22-,24-,28+,29-/m1/s1. The quantitative estimate of drug-likeness (QED) is 0.376. The number of benzene rings is 2. The van der Waals surface area contributed by atoms with E-state index in [1.54, 1.807) is 18.2 Å². The highest BCUT2D eigenvalue weighted by molar-refractivity contribution is 5.99. The van der Waals surface area contributed by atoms with Crippen molar-refractivity contribution in [1.29, 1.82) is 0 Å². The van der Waals surface area contributed by atoms with Crippen LogP contribution in [0.1, 0.15) is 72.6 Å². The third-order valence-electron chi connectivity index (χ3n) is 9.79. The van der Waals surface area contributed by atoms with Crippen LogP contribution in [0.3, 0.4) is 0 Å². The van der Waals surface area contributed by atoms with Crippen molar-refractivity contribution in [3.05, 3.63) is 65.0 Å². The smallest absolute Gasteiger partial charge is 0.255 e. The monoisotopic (exact) mass is 559 g/mol. The van der Waals surface area contributed by atoms with E-state index in [9.17, 15) is 18.8 Å². The second kappa shape index (κ2) is 10.6. The summed E-state index contributed by atoms with van der Waals surface area (Å²) in [5, 5.41) is 6.44. The number of nitrogens with two attached hydrogens (primary N) is 1. The van der Waals surface area contributed by atoms with Crippen molar-refractivity contribution >= 4 is 17.7 Å². The Morgan fingerprint density at radius 1 is 1.15 bits per heavy atom. The number of rotatable bonds is 9. The number of hydrogen-bond acceptors (Lipinski definition) is 4. The van der Waals surface area contributed by atoms with E-state index in [4.69, 9.17) is 10.5 Å². The topological polar surface area (TPSA) is 111 Å². The van der Waals surface area contributed by atoms with Crippen molar-refractivity contribution in [3.8, 4) is 16.9 Å². The van der Waals surface area contributed by atoms with Crippen molar-refractivity contribution in [2.75, 3.05) is 13.7 Å². The zero-order chi connectivity index (χ0) is 28.9. The summed E-state index contributed by atoms with van der Waals surface area (Å²) in [5.74, 6) is -0.576. The molecule has 4 fully saturated rings. The van der Waals surface area contributed by atoms with Crippen LogP contribution >= 0.6 is 0 Å². The second-order valence-electron chi connectivity index (χ2n) is 12.8. The lowest BCUT2D eigenvalue weighted by Gasteiger charge is -2.39. The van der Waals surface area contributed by atoms with Crippen molar-refractivity contribution in [2.45, 2.75) is 57.9 Å². The molecule has 4 aliphatic carbocycles. The van der Waals surface area contributed by atoms with Gasteiger partial charge in [-0.1, -0.05) is 31.1 Å². The molecule has 8 heteroatoms. The summed E-state index contributed by atoms with van der Waals surface area (Å²) in [5.41, 5.74) is 7.93. The molecule has 0 radical (unpaired) electrons. The fraction of sp³-hybridized carbons (Fsp3) is 0.485. The van der Waals surface area contributed by atoms with E-state index >= 15 is 0 Å². The first-order valence-corrected chi connectivity index (χ1v) is 14.7. The average molecular weight is 560 g/mol. The minimum atomic E-state index is -0.667. The number of hydrogen-bond donors (Lipinski definition) is 3. The maximum absolute atomic E-state index is 14.8. The first kappa shape index (κ1) is 27.5. The Morgan fingerprint density at radius 3 is 2.59 bits per heavy atom. The van der Waals surface area contributed by atoms with Gasteiger partial charge >= 0.3 is 0 Å². The Morgan fingerprint density at radius 2 is 1.93 bits per heavy atom. The lowest BCUT2D eigenvalue weighted by molar-refractivity contribution is -0.127. The number of methoxy groups -OCH3 is 1. The third-order valence-corrected chi connectivity index (χ3v) is 9.79. The van der Waals surface area contributed by atoms with E-state index in [-0.39, 0.29) is 57.7 Å². The number of ether oxygens (including phenoxy) is 1. The molecule has 4 N–H and O–H groups in total. The molecule has 6 rings (SSSR count). The second-order valence-corrected chi connectivity index (χ2v) is 12.8. The van der Waals surface area contributed by atoms with Crippen molar-refractivity contribution in [2.24, 2.45) is 34.8 Å². The number of fused-ring (bicyclic) bond motifs is 2. The number of primary amides is 1. The van der Waals surface area contributed by atoms with E-state index in [2.05, 4.69) is 23.6 Å². The molecule has 0 aliphatic heterocycles. The molecule has 0 aromatic heterocycles. The normalized spacial score (nSPS) is 26.9. The maximum atomic E-state index is 14.8. The van der Waals surface area contributed by atoms with Gasteiger partial charge in [-0.2, -0.15) is 0 Å². The number of carbonyl (C=O) groups is 3. The van der Waals surface area contributed by atoms with Crippen LogP contribution in [-0.4, -0.2) is 37.4 Å². The van der Waals surface area contributed by atoms with Crippen LogP contribution in [0.2, 0.25) is 0 Å². The highest BCUT2D eigenvalue weighted by Crippen LogP contribution is 2.53. The Hall–Kier alpha value is -3.68.